The van der Waals surface area contributed by atoms with Crippen molar-refractivity contribution in [1.29, 1.82) is 0 Å². The van der Waals surface area contributed by atoms with E-state index in [9.17, 15) is 9.59 Å². The molecular formula is C18H18N2O2S2. The Morgan fingerprint density at radius 3 is 2.71 bits per heavy atom. The van der Waals surface area contributed by atoms with Crippen molar-refractivity contribution < 1.29 is 9.59 Å². The van der Waals surface area contributed by atoms with Crippen molar-refractivity contribution in [2.75, 3.05) is 28.8 Å². The van der Waals surface area contributed by atoms with E-state index in [0.717, 1.165) is 21.2 Å². The van der Waals surface area contributed by atoms with Crippen LogP contribution in [0.3, 0.4) is 0 Å². The van der Waals surface area contributed by atoms with E-state index in [1.807, 2.05) is 54.8 Å². The van der Waals surface area contributed by atoms with Crippen LogP contribution >= 0.6 is 23.5 Å². The highest BCUT2D eigenvalue weighted by atomic mass is 32.2. The molecule has 0 bridgehead atoms. The van der Waals surface area contributed by atoms with Gasteiger partial charge in [-0.2, -0.15) is 0 Å². The number of rotatable bonds is 5. The number of nitrogens with one attached hydrogen (secondary N) is 1. The first kappa shape index (κ1) is 16.9. The zero-order valence-electron chi connectivity index (χ0n) is 13.3. The van der Waals surface area contributed by atoms with Crippen LogP contribution in [0, 0.1) is 0 Å². The van der Waals surface area contributed by atoms with Gasteiger partial charge in [-0.15, -0.1) is 23.5 Å². The van der Waals surface area contributed by atoms with E-state index in [-0.39, 0.29) is 18.2 Å². The minimum absolute atomic E-state index is 0.0517. The second-order valence-electron chi connectivity index (χ2n) is 5.33. The van der Waals surface area contributed by atoms with E-state index in [0.29, 0.717) is 12.3 Å². The molecule has 0 spiro atoms. The molecule has 0 radical (unpaired) electrons. The smallest absolute Gasteiger partial charge is 0.237 e. The molecule has 0 saturated carbocycles. The quantitative estimate of drug-likeness (QED) is 0.824. The molecule has 1 aliphatic rings. The summed E-state index contributed by atoms with van der Waals surface area (Å²) in [7, 11) is 0. The Morgan fingerprint density at radius 1 is 1.21 bits per heavy atom. The summed E-state index contributed by atoms with van der Waals surface area (Å²) in [6, 6.07) is 15.5. The molecule has 0 saturated heterocycles. The number of thioether (sulfide) groups is 2. The van der Waals surface area contributed by atoms with Crippen molar-refractivity contribution in [3.8, 4) is 0 Å². The van der Waals surface area contributed by atoms with Crippen LogP contribution < -0.4 is 10.2 Å². The zero-order chi connectivity index (χ0) is 16.9. The van der Waals surface area contributed by atoms with Crippen LogP contribution in [0.25, 0.3) is 0 Å². The molecule has 24 heavy (non-hydrogen) atoms. The third-order valence-corrected chi connectivity index (χ3v) is 5.54. The Morgan fingerprint density at radius 2 is 1.96 bits per heavy atom. The lowest BCUT2D eigenvalue weighted by atomic mass is 10.2. The van der Waals surface area contributed by atoms with Gasteiger partial charge in [0.25, 0.3) is 0 Å². The van der Waals surface area contributed by atoms with Gasteiger partial charge in [-0.25, -0.2) is 0 Å². The van der Waals surface area contributed by atoms with Gasteiger partial charge in [0.15, 0.2) is 0 Å². The number of fused-ring (bicyclic) bond motifs is 1. The van der Waals surface area contributed by atoms with Gasteiger partial charge in [0.1, 0.15) is 0 Å². The highest BCUT2D eigenvalue weighted by Crippen LogP contribution is 2.34. The van der Waals surface area contributed by atoms with E-state index in [1.54, 1.807) is 28.4 Å². The number of carbonyl (C=O) groups excluding carboxylic acids is 2. The molecule has 0 fully saturated rings. The van der Waals surface area contributed by atoms with Gasteiger partial charge in [-0.05, 0) is 42.7 Å². The lowest BCUT2D eigenvalue weighted by Crippen LogP contribution is -2.37. The molecule has 3 rings (SSSR count). The van der Waals surface area contributed by atoms with Crippen LogP contribution in [0.4, 0.5) is 11.4 Å². The first-order chi connectivity index (χ1) is 11.7. The van der Waals surface area contributed by atoms with E-state index in [4.69, 9.17) is 0 Å². The molecule has 1 aliphatic heterocycles. The zero-order valence-corrected chi connectivity index (χ0v) is 15.0. The van der Waals surface area contributed by atoms with Gasteiger partial charge in [0.05, 0.1) is 11.4 Å². The standard InChI is InChI=1S/C18H18N2O2S2/c1-23-14-8-6-13(7-9-14)19-17(21)10-11-20-15-4-2-3-5-16(15)24-12-18(20)22/h2-9H,10-12H2,1H3,(H,19,21). The minimum atomic E-state index is -0.0876. The summed E-state index contributed by atoms with van der Waals surface area (Å²) in [4.78, 5) is 28.3. The number of benzene rings is 2. The van der Waals surface area contributed by atoms with E-state index in [2.05, 4.69) is 5.32 Å². The Labute approximate surface area is 150 Å². The molecule has 124 valence electrons. The monoisotopic (exact) mass is 358 g/mol. The van der Waals surface area contributed by atoms with E-state index >= 15 is 0 Å². The maximum absolute atomic E-state index is 12.2. The van der Waals surface area contributed by atoms with Crippen LogP contribution in [-0.4, -0.2) is 30.4 Å². The normalized spacial score (nSPS) is 13.5. The van der Waals surface area contributed by atoms with Gasteiger partial charge in [-0.3, -0.25) is 9.59 Å². The fourth-order valence-corrected chi connectivity index (χ4v) is 3.85. The largest absolute Gasteiger partial charge is 0.326 e. The Bertz CT molecular complexity index is 747. The predicted molar refractivity (Wildman–Crippen MR) is 101 cm³/mol. The minimum Gasteiger partial charge on any atom is -0.326 e. The molecule has 2 aromatic carbocycles. The van der Waals surface area contributed by atoms with Crippen molar-refractivity contribution in [2.24, 2.45) is 0 Å². The van der Waals surface area contributed by atoms with Crippen LogP contribution in [0.5, 0.6) is 0 Å². The molecule has 1 heterocycles. The summed E-state index contributed by atoms with van der Waals surface area (Å²) in [6.45, 7) is 0.394. The fourth-order valence-electron chi connectivity index (χ4n) is 2.51. The number of nitrogens with zero attached hydrogens (tertiary/aromatic N) is 1. The van der Waals surface area contributed by atoms with Crippen molar-refractivity contribution in [1.82, 2.24) is 0 Å². The number of hydrogen-bond acceptors (Lipinski definition) is 4. The third kappa shape index (κ3) is 3.94. The van der Waals surface area contributed by atoms with Crippen LogP contribution in [0.2, 0.25) is 0 Å². The highest BCUT2D eigenvalue weighted by Gasteiger charge is 2.24. The summed E-state index contributed by atoms with van der Waals surface area (Å²) in [5.41, 5.74) is 1.68. The molecular weight excluding hydrogens is 340 g/mol. The Hall–Kier alpha value is -1.92. The second-order valence-corrected chi connectivity index (χ2v) is 7.23. The SMILES string of the molecule is CSc1ccc(NC(=O)CCN2C(=O)CSc3ccccc32)cc1. The molecule has 1 N–H and O–H groups in total. The number of anilines is 2. The summed E-state index contributed by atoms with van der Waals surface area (Å²) in [6.07, 6.45) is 2.29. The molecule has 2 amide bonds. The molecule has 4 nitrogen and oxygen atoms in total. The van der Waals surface area contributed by atoms with Gasteiger partial charge in [0, 0.05) is 28.4 Å². The predicted octanol–water partition coefficient (Wildman–Crippen LogP) is 3.88. The van der Waals surface area contributed by atoms with Crippen molar-refractivity contribution in [2.45, 2.75) is 16.2 Å². The topological polar surface area (TPSA) is 49.4 Å². The first-order valence-electron chi connectivity index (χ1n) is 7.63. The summed E-state index contributed by atoms with van der Waals surface area (Å²) in [5.74, 6) is 0.389. The average Bonchev–Trinajstić information content (AvgIpc) is 2.61. The molecule has 0 aliphatic carbocycles. The number of amides is 2. The van der Waals surface area contributed by atoms with Gasteiger partial charge in [0.2, 0.25) is 11.8 Å². The number of hydrogen-bond donors (Lipinski definition) is 1. The van der Waals surface area contributed by atoms with Crippen LogP contribution in [-0.2, 0) is 9.59 Å². The molecule has 6 heteroatoms. The third-order valence-electron chi connectivity index (χ3n) is 3.74. The molecule has 0 aromatic heterocycles. The molecule has 0 unspecified atom stereocenters. The summed E-state index contributed by atoms with van der Waals surface area (Å²) >= 11 is 3.21. The average molecular weight is 358 g/mol. The lowest BCUT2D eigenvalue weighted by Gasteiger charge is -2.28. The fraction of sp³-hybridized carbons (Fsp3) is 0.222. The van der Waals surface area contributed by atoms with Gasteiger partial charge in [-0.1, -0.05) is 12.1 Å². The highest BCUT2D eigenvalue weighted by molar-refractivity contribution is 8.00. The number of para-hydroxylation sites is 1. The van der Waals surface area contributed by atoms with Gasteiger partial charge < -0.3 is 10.2 Å². The van der Waals surface area contributed by atoms with Crippen LogP contribution in [0.1, 0.15) is 6.42 Å². The maximum atomic E-state index is 12.2. The maximum Gasteiger partial charge on any atom is 0.237 e. The van der Waals surface area contributed by atoms with Gasteiger partial charge >= 0.3 is 0 Å². The summed E-state index contributed by atoms with van der Waals surface area (Å²) in [5, 5.41) is 2.88. The van der Waals surface area contributed by atoms with Crippen molar-refractivity contribution in [3.63, 3.8) is 0 Å². The lowest BCUT2D eigenvalue weighted by molar-refractivity contribution is -0.117. The number of carbonyl (C=O) groups is 2. The molecule has 2 aromatic rings. The second kappa shape index (κ2) is 7.77. The molecule has 0 atom stereocenters. The van der Waals surface area contributed by atoms with Crippen molar-refractivity contribution >= 4 is 46.7 Å². The first-order valence-corrected chi connectivity index (χ1v) is 9.84. The Balaban J connectivity index is 1.60. The Kier molecular flexibility index (Phi) is 5.48. The van der Waals surface area contributed by atoms with E-state index in [1.165, 1.54) is 0 Å². The summed E-state index contributed by atoms with van der Waals surface area (Å²) < 4.78 is 0. The van der Waals surface area contributed by atoms with E-state index < -0.39 is 0 Å². The van der Waals surface area contributed by atoms with Crippen LogP contribution in [0.15, 0.2) is 58.3 Å². The van der Waals surface area contributed by atoms with Crippen molar-refractivity contribution in [3.05, 3.63) is 48.5 Å².